The molecule has 1 aliphatic heterocycles. The fraction of sp³-hybridized carbons (Fsp3) is 0.200. The lowest BCUT2D eigenvalue weighted by Crippen LogP contribution is -2.45. The highest BCUT2D eigenvalue weighted by atomic mass is 16.5. The molecule has 0 bridgehead atoms. The number of methoxy groups -OCH3 is 2. The molecule has 4 rings (SSSR count). The molecule has 4 N–H and O–H groups in total. The van der Waals surface area contributed by atoms with Crippen molar-refractivity contribution in [2.75, 3.05) is 20.8 Å². The van der Waals surface area contributed by atoms with E-state index in [2.05, 4.69) is 26.1 Å². The third-order valence-electron chi connectivity index (χ3n) is 5.57. The number of hydrogen-bond donors (Lipinski definition) is 4. The van der Waals surface area contributed by atoms with Crippen molar-refractivity contribution in [3.8, 4) is 11.5 Å². The maximum Gasteiger partial charge on any atom is 0.337 e. The number of hydrogen-bond acceptors (Lipinski definition) is 7. The van der Waals surface area contributed by atoms with Crippen LogP contribution in [-0.2, 0) is 14.3 Å². The van der Waals surface area contributed by atoms with E-state index >= 15 is 0 Å². The van der Waals surface area contributed by atoms with E-state index in [0.29, 0.717) is 22.8 Å². The number of allylic oxidation sites excluding steroid dienone is 1. The number of amides is 3. The first-order valence-corrected chi connectivity index (χ1v) is 11.0. The Hall–Kier alpha value is -4.80. The fourth-order valence-electron chi connectivity index (χ4n) is 3.86. The highest BCUT2D eigenvalue weighted by molar-refractivity contribution is 5.99. The lowest BCUT2D eigenvalue weighted by molar-refractivity contribution is -0.136. The summed E-state index contributed by atoms with van der Waals surface area (Å²) in [4.78, 5) is 39.7. The number of hydrazone groups is 1. The average Bonchev–Trinajstić information content (AvgIpc) is 3.29. The van der Waals surface area contributed by atoms with Crippen molar-refractivity contribution < 1.29 is 28.6 Å². The summed E-state index contributed by atoms with van der Waals surface area (Å²) in [7, 11) is 2.71. The maximum absolute atomic E-state index is 12.3. The predicted octanol–water partition coefficient (Wildman–Crippen LogP) is 2.51. The molecule has 36 heavy (non-hydrogen) atoms. The molecule has 2 aromatic carbocycles. The summed E-state index contributed by atoms with van der Waals surface area (Å²) in [5.74, 6) is -0.418. The number of ether oxygens (including phenoxy) is 3. The normalized spacial score (nSPS) is 15.4. The van der Waals surface area contributed by atoms with Crippen LogP contribution in [0, 0.1) is 0 Å². The number of aromatic amines is 1. The number of nitrogens with one attached hydrogen (secondary N) is 4. The summed E-state index contributed by atoms with van der Waals surface area (Å²) in [6.07, 6.45) is 3.35. The van der Waals surface area contributed by atoms with Crippen LogP contribution in [0.5, 0.6) is 11.5 Å². The third kappa shape index (κ3) is 5.14. The van der Waals surface area contributed by atoms with E-state index in [-0.39, 0.29) is 12.2 Å². The maximum atomic E-state index is 12.3. The van der Waals surface area contributed by atoms with Crippen molar-refractivity contribution in [3.63, 3.8) is 0 Å². The molecule has 3 aromatic rings. The Labute approximate surface area is 206 Å². The van der Waals surface area contributed by atoms with Gasteiger partial charge >= 0.3 is 12.0 Å². The van der Waals surface area contributed by atoms with Gasteiger partial charge in [-0.1, -0.05) is 24.3 Å². The molecule has 1 aliphatic rings. The van der Waals surface area contributed by atoms with Gasteiger partial charge in [0.25, 0.3) is 5.91 Å². The molecule has 186 valence electrons. The third-order valence-corrected chi connectivity index (χ3v) is 5.57. The van der Waals surface area contributed by atoms with Crippen LogP contribution in [-0.4, -0.2) is 49.9 Å². The SMILES string of the molecule is COC(=O)C1=C(C)NC(=O)N[C@H]1c1ccc(OCC(=O)N/N=C\c2c[nH]c3ccccc23)c(OC)c1. The molecule has 11 nitrogen and oxygen atoms in total. The van der Waals surface area contributed by atoms with Gasteiger partial charge in [0.05, 0.1) is 32.0 Å². The predicted molar refractivity (Wildman–Crippen MR) is 132 cm³/mol. The molecule has 0 saturated heterocycles. The molecular weight excluding hydrogens is 466 g/mol. The first-order chi connectivity index (χ1) is 17.4. The number of carbonyl (C=O) groups excluding carboxylic acids is 3. The van der Waals surface area contributed by atoms with Crippen molar-refractivity contribution in [1.29, 1.82) is 0 Å². The minimum Gasteiger partial charge on any atom is -0.493 e. The number of esters is 1. The number of para-hydroxylation sites is 1. The first kappa shape index (κ1) is 24.3. The van der Waals surface area contributed by atoms with Gasteiger partial charge in [-0.05, 0) is 30.7 Å². The van der Waals surface area contributed by atoms with Gasteiger partial charge in [0.1, 0.15) is 0 Å². The zero-order valence-electron chi connectivity index (χ0n) is 19.9. The number of carbonyl (C=O) groups is 3. The first-order valence-electron chi connectivity index (χ1n) is 11.0. The molecule has 0 fully saturated rings. The lowest BCUT2D eigenvalue weighted by Gasteiger charge is -2.28. The standard InChI is InChI=1S/C25H25N5O6/c1-14-22(24(32)35-3)23(29-25(33)28-14)15-8-9-19(20(10-15)34-2)36-13-21(31)30-27-12-16-11-26-18-7-5-4-6-17(16)18/h4-12,23,26H,13H2,1-3H3,(H,30,31)(H2,28,29,33)/b27-12-/t23-/m0/s1. The molecule has 3 amide bonds. The Balaban J connectivity index is 1.42. The Kier molecular flexibility index (Phi) is 7.19. The lowest BCUT2D eigenvalue weighted by atomic mass is 9.95. The molecule has 0 aliphatic carbocycles. The number of fused-ring (bicyclic) bond motifs is 1. The van der Waals surface area contributed by atoms with Gasteiger partial charge in [-0.2, -0.15) is 5.10 Å². The number of urea groups is 1. The van der Waals surface area contributed by atoms with Crippen LogP contribution in [0.2, 0.25) is 0 Å². The largest absolute Gasteiger partial charge is 0.493 e. The number of H-pyrrole nitrogens is 1. The van der Waals surface area contributed by atoms with E-state index in [0.717, 1.165) is 16.5 Å². The van der Waals surface area contributed by atoms with Crippen LogP contribution in [0.1, 0.15) is 24.1 Å². The number of benzene rings is 2. The molecule has 0 spiro atoms. The van der Waals surface area contributed by atoms with Gasteiger partial charge in [0, 0.05) is 28.4 Å². The summed E-state index contributed by atoms with van der Waals surface area (Å²) in [6, 6.07) is 11.4. The zero-order chi connectivity index (χ0) is 25.7. The van der Waals surface area contributed by atoms with E-state index in [4.69, 9.17) is 14.2 Å². The van der Waals surface area contributed by atoms with Crippen molar-refractivity contribution in [2.24, 2.45) is 5.10 Å². The molecule has 2 heterocycles. The molecule has 11 heteroatoms. The van der Waals surface area contributed by atoms with Gasteiger partial charge in [-0.3, -0.25) is 4.79 Å². The Bertz CT molecular complexity index is 1380. The molecule has 0 radical (unpaired) electrons. The fourth-order valence-corrected chi connectivity index (χ4v) is 3.86. The summed E-state index contributed by atoms with van der Waals surface area (Å²) in [6.45, 7) is 1.31. The summed E-state index contributed by atoms with van der Waals surface area (Å²) >= 11 is 0. The summed E-state index contributed by atoms with van der Waals surface area (Å²) < 4.78 is 15.9. The molecule has 0 saturated carbocycles. The Morgan fingerprint density at radius 3 is 2.72 bits per heavy atom. The second-order valence-corrected chi connectivity index (χ2v) is 7.84. The molecular formula is C25H25N5O6. The highest BCUT2D eigenvalue weighted by Crippen LogP contribution is 2.34. The second kappa shape index (κ2) is 10.6. The van der Waals surface area contributed by atoms with E-state index in [1.807, 2.05) is 24.3 Å². The van der Waals surface area contributed by atoms with Crippen molar-refractivity contribution in [3.05, 3.63) is 71.1 Å². The highest BCUT2D eigenvalue weighted by Gasteiger charge is 2.32. The van der Waals surface area contributed by atoms with Crippen LogP contribution in [0.3, 0.4) is 0 Å². The van der Waals surface area contributed by atoms with Gasteiger partial charge < -0.3 is 29.8 Å². The van der Waals surface area contributed by atoms with Crippen LogP contribution in [0.25, 0.3) is 10.9 Å². The van der Waals surface area contributed by atoms with Gasteiger partial charge in [0.2, 0.25) is 0 Å². The van der Waals surface area contributed by atoms with Crippen molar-refractivity contribution >= 4 is 35.0 Å². The minimum atomic E-state index is -0.753. The van der Waals surface area contributed by atoms with Gasteiger partial charge in [0.15, 0.2) is 18.1 Å². The topological polar surface area (TPSA) is 143 Å². The second-order valence-electron chi connectivity index (χ2n) is 7.84. The van der Waals surface area contributed by atoms with E-state index < -0.39 is 23.9 Å². The monoisotopic (exact) mass is 491 g/mol. The van der Waals surface area contributed by atoms with Gasteiger partial charge in [-0.25, -0.2) is 15.0 Å². The number of rotatable bonds is 8. The van der Waals surface area contributed by atoms with Gasteiger partial charge in [-0.15, -0.1) is 0 Å². The van der Waals surface area contributed by atoms with E-state index in [1.165, 1.54) is 14.2 Å². The number of nitrogens with zero attached hydrogens (tertiary/aromatic N) is 1. The molecule has 1 aromatic heterocycles. The van der Waals surface area contributed by atoms with Crippen LogP contribution in [0.4, 0.5) is 4.79 Å². The van der Waals surface area contributed by atoms with Crippen molar-refractivity contribution in [1.82, 2.24) is 21.0 Å². The van der Waals surface area contributed by atoms with E-state index in [1.54, 1.807) is 37.5 Å². The summed E-state index contributed by atoms with van der Waals surface area (Å²) in [5, 5.41) is 10.3. The van der Waals surface area contributed by atoms with Crippen molar-refractivity contribution in [2.45, 2.75) is 13.0 Å². The minimum absolute atomic E-state index is 0.264. The van der Waals surface area contributed by atoms with E-state index in [9.17, 15) is 14.4 Å². The molecule has 1 atom stereocenters. The zero-order valence-corrected chi connectivity index (χ0v) is 19.9. The number of aromatic nitrogens is 1. The quantitative estimate of drug-likeness (QED) is 0.217. The Morgan fingerprint density at radius 2 is 1.94 bits per heavy atom. The smallest absolute Gasteiger partial charge is 0.337 e. The van der Waals surface area contributed by atoms with Crippen LogP contribution in [0.15, 0.2) is 65.0 Å². The molecule has 0 unspecified atom stereocenters. The average molecular weight is 492 g/mol. The van der Waals surface area contributed by atoms with Crippen LogP contribution >= 0.6 is 0 Å². The summed E-state index contributed by atoms with van der Waals surface area (Å²) in [5.41, 5.74) is 5.46. The van der Waals surface area contributed by atoms with Crippen LogP contribution < -0.4 is 25.5 Å². The Morgan fingerprint density at radius 1 is 1.14 bits per heavy atom.